The van der Waals surface area contributed by atoms with E-state index in [9.17, 15) is 9.90 Å². The number of aliphatic hydroxyl groups is 1. The Morgan fingerprint density at radius 3 is 2.61 bits per heavy atom. The smallest absolute Gasteiger partial charge is 0.189 e. The molecule has 2 atom stereocenters. The topological polar surface area (TPSA) is 59.6 Å². The summed E-state index contributed by atoms with van der Waals surface area (Å²) in [5, 5.41) is 10.9. The number of nitrogens with one attached hydrogen (secondary N) is 1. The van der Waals surface area contributed by atoms with Gasteiger partial charge in [-0.1, -0.05) is 12.1 Å². The van der Waals surface area contributed by atoms with Gasteiger partial charge in [0.25, 0.3) is 0 Å². The van der Waals surface area contributed by atoms with E-state index in [1.807, 2.05) is 40.1 Å². The first-order valence-corrected chi connectivity index (χ1v) is 8.06. The molecule has 2 aromatic rings. The first-order chi connectivity index (χ1) is 10.9. The van der Waals surface area contributed by atoms with Crippen LogP contribution in [0.15, 0.2) is 23.0 Å². The Kier molecular flexibility index (Phi) is 4.27. The molecule has 3 rings (SSSR count). The molecule has 1 saturated heterocycles. The molecule has 23 heavy (non-hydrogen) atoms. The zero-order valence-electron chi connectivity index (χ0n) is 14.3. The highest BCUT2D eigenvalue weighted by Gasteiger charge is 2.32. The van der Waals surface area contributed by atoms with E-state index in [1.54, 1.807) is 6.07 Å². The average Bonchev–Trinajstić information content (AvgIpc) is 2.83. The van der Waals surface area contributed by atoms with E-state index in [0.29, 0.717) is 13.1 Å². The maximum atomic E-state index is 12.5. The van der Waals surface area contributed by atoms with Crippen LogP contribution in [-0.4, -0.2) is 59.2 Å². The summed E-state index contributed by atoms with van der Waals surface area (Å²) in [6, 6.07) is 5.88. The van der Waals surface area contributed by atoms with Crippen molar-refractivity contribution >= 4 is 10.9 Å². The number of benzene rings is 1. The molecule has 1 aliphatic heterocycles. The van der Waals surface area contributed by atoms with Crippen molar-refractivity contribution in [2.24, 2.45) is 0 Å². The third kappa shape index (κ3) is 3.04. The molecule has 1 aromatic carbocycles. The van der Waals surface area contributed by atoms with Crippen LogP contribution < -0.4 is 5.43 Å². The summed E-state index contributed by atoms with van der Waals surface area (Å²) in [6.07, 6.45) is -0.346. The number of pyridine rings is 1. The van der Waals surface area contributed by atoms with Crippen LogP contribution in [-0.2, 0) is 6.54 Å². The molecule has 0 amide bonds. The lowest BCUT2D eigenvalue weighted by Gasteiger charge is -2.21. The van der Waals surface area contributed by atoms with Gasteiger partial charge in [-0.15, -0.1) is 0 Å². The summed E-state index contributed by atoms with van der Waals surface area (Å²) < 4.78 is 0. The van der Waals surface area contributed by atoms with E-state index < -0.39 is 0 Å². The van der Waals surface area contributed by atoms with Gasteiger partial charge in [0, 0.05) is 42.8 Å². The van der Waals surface area contributed by atoms with Crippen LogP contribution in [0.5, 0.6) is 0 Å². The fourth-order valence-corrected chi connectivity index (χ4v) is 3.53. The summed E-state index contributed by atoms with van der Waals surface area (Å²) in [4.78, 5) is 20.2. The molecular formula is C18H25N3O2. The van der Waals surface area contributed by atoms with Gasteiger partial charge in [-0.25, -0.2) is 0 Å². The van der Waals surface area contributed by atoms with Gasteiger partial charge < -0.3 is 15.0 Å². The molecule has 0 radical (unpaired) electrons. The summed E-state index contributed by atoms with van der Waals surface area (Å²) in [6.45, 7) is 6.08. The molecule has 0 saturated carbocycles. The Morgan fingerprint density at radius 1 is 1.26 bits per heavy atom. The molecular weight excluding hydrogens is 290 g/mol. The van der Waals surface area contributed by atoms with Crippen molar-refractivity contribution in [2.75, 3.05) is 27.2 Å². The molecule has 2 N–H and O–H groups in total. The number of β-amino-alcohol motifs (C(OH)–C–C–N with tert-alkyl or cyclic N) is 1. The molecule has 124 valence electrons. The second-order valence-electron chi connectivity index (χ2n) is 6.90. The van der Waals surface area contributed by atoms with Gasteiger partial charge >= 0.3 is 0 Å². The predicted octanol–water partition coefficient (Wildman–Crippen LogP) is 1.25. The molecule has 1 fully saturated rings. The summed E-state index contributed by atoms with van der Waals surface area (Å²) in [5.41, 5.74) is 3.98. The molecule has 1 aromatic heterocycles. The van der Waals surface area contributed by atoms with Crippen LogP contribution in [0.3, 0.4) is 0 Å². The third-order valence-electron chi connectivity index (χ3n) is 4.85. The maximum Gasteiger partial charge on any atom is 0.189 e. The predicted molar refractivity (Wildman–Crippen MR) is 92.8 cm³/mol. The number of hydrogen-bond acceptors (Lipinski definition) is 4. The molecule has 0 aliphatic carbocycles. The van der Waals surface area contributed by atoms with Crippen molar-refractivity contribution in [3.63, 3.8) is 0 Å². The van der Waals surface area contributed by atoms with Crippen LogP contribution in [0, 0.1) is 13.8 Å². The van der Waals surface area contributed by atoms with Crippen LogP contribution >= 0.6 is 0 Å². The monoisotopic (exact) mass is 315 g/mol. The molecule has 0 spiro atoms. The SMILES string of the molecule is Cc1ccc(C)c2c(=O)cc(CN3C[C@H](O)[C@@H](N(C)C)C3)[nH]c12. The molecule has 1 aliphatic rings. The van der Waals surface area contributed by atoms with Gasteiger partial charge in [0.15, 0.2) is 5.43 Å². The zero-order valence-corrected chi connectivity index (χ0v) is 14.3. The van der Waals surface area contributed by atoms with Crippen molar-refractivity contribution < 1.29 is 5.11 Å². The summed E-state index contributed by atoms with van der Waals surface area (Å²) >= 11 is 0. The number of aliphatic hydroxyl groups excluding tert-OH is 1. The molecule has 0 unspecified atom stereocenters. The van der Waals surface area contributed by atoms with Crippen molar-refractivity contribution in [1.82, 2.24) is 14.8 Å². The summed E-state index contributed by atoms with van der Waals surface area (Å²) in [5.74, 6) is 0. The number of aromatic nitrogens is 1. The maximum absolute atomic E-state index is 12.5. The van der Waals surface area contributed by atoms with Gasteiger partial charge in [0.1, 0.15) is 0 Å². The van der Waals surface area contributed by atoms with E-state index in [1.165, 1.54) is 0 Å². The molecule has 0 bridgehead atoms. The molecule has 2 heterocycles. The van der Waals surface area contributed by atoms with Crippen molar-refractivity contribution in [3.8, 4) is 0 Å². The van der Waals surface area contributed by atoms with Gasteiger partial charge in [-0.05, 0) is 39.1 Å². The van der Waals surface area contributed by atoms with Gasteiger partial charge in [-0.3, -0.25) is 9.69 Å². The normalized spacial score (nSPS) is 22.3. The fraction of sp³-hybridized carbons (Fsp3) is 0.500. The number of H-pyrrole nitrogens is 1. The number of nitrogens with zero attached hydrogens (tertiary/aromatic N) is 2. The minimum absolute atomic E-state index is 0.0684. The lowest BCUT2D eigenvalue weighted by molar-refractivity contribution is 0.112. The Balaban J connectivity index is 1.90. The Labute approximate surface area is 136 Å². The van der Waals surface area contributed by atoms with Crippen molar-refractivity contribution in [3.05, 3.63) is 45.2 Å². The largest absolute Gasteiger partial charge is 0.390 e. The highest BCUT2D eigenvalue weighted by atomic mass is 16.3. The van der Waals surface area contributed by atoms with Crippen molar-refractivity contribution in [2.45, 2.75) is 32.5 Å². The van der Waals surface area contributed by atoms with Crippen LogP contribution in [0.25, 0.3) is 10.9 Å². The van der Waals surface area contributed by atoms with Crippen molar-refractivity contribution in [1.29, 1.82) is 0 Å². The van der Waals surface area contributed by atoms with Crippen LogP contribution in [0.2, 0.25) is 0 Å². The second kappa shape index (κ2) is 6.07. The lowest BCUT2D eigenvalue weighted by atomic mass is 10.0. The van der Waals surface area contributed by atoms with Gasteiger partial charge in [-0.2, -0.15) is 0 Å². The number of fused-ring (bicyclic) bond motifs is 1. The van der Waals surface area contributed by atoms with E-state index >= 15 is 0 Å². The average molecular weight is 315 g/mol. The minimum Gasteiger partial charge on any atom is -0.390 e. The van der Waals surface area contributed by atoms with E-state index in [2.05, 4.69) is 14.8 Å². The Hall–Kier alpha value is -1.69. The molecule has 5 nitrogen and oxygen atoms in total. The van der Waals surface area contributed by atoms with Gasteiger partial charge in [0.2, 0.25) is 0 Å². The Bertz CT molecular complexity index is 782. The first kappa shape index (κ1) is 16.2. The number of hydrogen-bond donors (Lipinski definition) is 2. The third-order valence-corrected chi connectivity index (χ3v) is 4.85. The highest BCUT2D eigenvalue weighted by molar-refractivity contribution is 5.84. The standard InChI is InChI=1S/C18H25N3O2/c1-11-5-6-12(2)18-17(11)15(22)7-13(19-18)8-21-9-14(20(3)4)16(23)10-21/h5-7,14,16,23H,8-10H2,1-4H3,(H,19,22)/t14-,16-/m0/s1. The zero-order chi connectivity index (χ0) is 16.7. The van der Waals surface area contributed by atoms with Gasteiger partial charge in [0.05, 0.1) is 11.6 Å². The minimum atomic E-state index is -0.346. The Morgan fingerprint density at radius 2 is 1.96 bits per heavy atom. The number of rotatable bonds is 3. The fourth-order valence-electron chi connectivity index (χ4n) is 3.53. The first-order valence-electron chi connectivity index (χ1n) is 8.06. The van der Waals surface area contributed by atoms with Crippen LogP contribution in [0.4, 0.5) is 0 Å². The van der Waals surface area contributed by atoms with Crippen LogP contribution in [0.1, 0.15) is 16.8 Å². The van der Waals surface area contributed by atoms with E-state index in [-0.39, 0.29) is 17.6 Å². The number of aromatic amines is 1. The second-order valence-corrected chi connectivity index (χ2v) is 6.90. The number of aryl methyl sites for hydroxylation is 2. The summed E-state index contributed by atoms with van der Waals surface area (Å²) in [7, 11) is 3.98. The highest BCUT2D eigenvalue weighted by Crippen LogP contribution is 2.20. The van der Waals surface area contributed by atoms with E-state index in [4.69, 9.17) is 0 Å². The molecule has 5 heteroatoms. The van der Waals surface area contributed by atoms with E-state index in [0.717, 1.165) is 34.3 Å². The number of likely N-dealkylation sites (tertiary alicyclic amines) is 1. The number of likely N-dealkylation sites (N-methyl/N-ethyl adjacent to an activating group) is 1. The quantitative estimate of drug-likeness (QED) is 0.895. The lowest BCUT2D eigenvalue weighted by Crippen LogP contribution is -2.37.